The van der Waals surface area contributed by atoms with Crippen molar-refractivity contribution in [1.29, 1.82) is 0 Å². The van der Waals surface area contributed by atoms with E-state index in [2.05, 4.69) is 20.5 Å². The number of para-hydroxylation sites is 1. The minimum atomic E-state index is -0.309. The zero-order valence-corrected chi connectivity index (χ0v) is 20.1. The van der Waals surface area contributed by atoms with Crippen LogP contribution in [0.15, 0.2) is 100 Å². The molecule has 9 heteroatoms. The molecule has 3 aromatic carbocycles. The van der Waals surface area contributed by atoms with Gasteiger partial charge in [-0.3, -0.25) is 15.1 Å². The average molecular weight is 501 g/mol. The summed E-state index contributed by atoms with van der Waals surface area (Å²) in [5.41, 5.74) is 2.01. The minimum Gasteiger partial charge on any atom is -0.489 e. The van der Waals surface area contributed by atoms with Gasteiger partial charge in [0.25, 0.3) is 5.91 Å². The highest BCUT2D eigenvalue weighted by Gasteiger charge is 2.12. The third kappa shape index (κ3) is 6.14. The van der Waals surface area contributed by atoms with Gasteiger partial charge in [-0.25, -0.2) is 0 Å². The highest BCUT2D eigenvalue weighted by Crippen LogP contribution is 2.35. The third-order valence-corrected chi connectivity index (χ3v) is 6.87. The lowest BCUT2D eigenvalue weighted by atomic mass is 10.2. The van der Waals surface area contributed by atoms with Gasteiger partial charge in [0.15, 0.2) is 10.9 Å². The summed E-state index contributed by atoms with van der Waals surface area (Å²) in [6.07, 6.45) is 1.77. The number of benzene rings is 3. The summed E-state index contributed by atoms with van der Waals surface area (Å²) in [5.74, 6) is 0.994. The lowest BCUT2D eigenvalue weighted by molar-refractivity contribution is -0.118. The van der Waals surface area contributed by atoms with Crippen LogP contribution < -0.4 is 14.8 Å². The second-order valence-electron chi connectivity index (χ2n) is 7.38. The summed E-state index contributed by atoms with van der Waals surface area (Å²) in [6, 6.07) is 27.0. The summed E-state index contributed by atoms with van der Waals surface area (Å²) >= 11 is 2.80. The maximum absolute atomic E-state index is 12.3. The number of rotatable bonds is 9. The summed E-state index contributed by atoms with van der Waals surface area (Å²) in [7, 11) is 0. The van der Waals surface area contributed by atoms with E-state index in [-0.39, 0.29) is 12.5 Å². The molecule has 0 bridgehead atoms. The summed E-state index contributed by atoms with van der Waals surface area (Å²) in [4.78, 5) is 17.7. The van der Waals surface area contributed by atoms with Crippen LogP contribution >= 0.6 is 23.1 Å². The molecule has 0 aliphatic rings. The van der Waals surface area contributed by atoms with Gasteiger partial charge in [-0.15, -0.1) is 10.2 Å². The van der Waals surface area contributed by atoms with Crippen LogP contribution in [0.1, 0.15) is 5.56 Å². The lowest BCUT2D eigenvalue weighted by Gasteiger charge is -2.08. The van der Waals surface area contributed by atoms with Crippen molar-refractivity contribution in [3.05, 3.63) is 96.7 Å². The molecule has 5 aromatic rings. The van der Waals surface area contributed by atoms with Gasteiger partial charge in [0.05, 0.1) is 5.52 Å². The molecule has 0 aliphatic heterocycles. The van der Waals surface area contributed by atoms with E-state index >= 15 is 0 Å². The van der Waals surface area contributed by atoms with E-state index < -0.39 is 0 Å². The van der Waals surface area contributed by atoms with Gasteiger partial charge >= 0.3 is 0 Å². The number of amides is 1. The lowest BCUT2D eigenvalue weighted by Crippen LogP contribution is -2.20. The quantitative estimate of drug-likeness (QED) is 0.255. The predicted octanol–water partition coefficient (Wildman–Crippen LogP) is 5.83. The molecule has 2 aromatic heterocycles. The van der Waals surface area contributed by atoms with Crippen LogP contribution in [0.4, 0.5) is 5.13 Å². The normalized spacial score (nSPS) is 10.7. The van der Waals surface area contributed by atoms with Crippen LogP contribution in [-0.4, -0.2) is 27.7 Å². The number of nitrogens with zero attached hydrogens (tertiary/aromatic N) is 3. The fraction of sp³-hybridized carbons (Fsp3) is 0.0769. The Balaban J connectivity index is 1.11. The molecule has 174 valence electrons. The van der Waals surface area contributed by atoms with Gasteiger partial charge in [-0.1, -0.05) is 71.6 Å². The first kappa shape index (κ1) is 22.8. The number of carbonyl (C=O) groups is 1. The maximum Gasteiger partial charge on any atom is 0.264 e. The largest absolute Gasteiger partial charge is 0.489 e. The number of anilines is 1. The molecule has 7 nitrogen and oxygen atoms in total. The third-order valence-electron chi connectivity index (χ3n) is 4.90. The fourth-order valence-corrected chi connectivity index (χ4v) is 5.08. The van der Waals surface area contributed by atoms with Crippen molar-refractivity contribution < 1.29 is 14.3 Å². The van der Waals surface area contributed by atoms with Crippen molar-refractivity contribution in [3.8, 4) is 11.5 Å². The van der Waals surface area contributed by atoms with E-state index in [1.807, 2.05) is 72.8 Å². The van der Waals surface area contributed by atoms with Gasteiger partial charge in [-0.05, 0) is 42.0 Å². The predicted molar refractivity (Wildman–Crippen MR) is 137 cm³/mol. The highest BCUT2D eigenvalue weighted by atomic mass is 32.2. The molecule has 0 saturated heterocycles. The first-order valence-electron chi connectivity index (χ1n) is 10.8. The second kappa shape index (κ2) is 11.0. The molecule has 5 rings (SSSR count). The number of pyridine rings is 1. The molecular weight excluding hydrogens is 480 g/mol. The molecule has 2 heterocycles. The van der Waals surface area contributed by atoms with Crippen molar-refractivity contribution >= 4 is 45.0 Å². The van der Waals surface area contributed by atoms with Crippen LogP contribution in [-0.2, 0) is 11.4 Å². The number of carbonyl (C=O) groups excluding carboxylic acids is 1. The maximum atomic E-state index is 12.3. The van der Waals surface area contributed by atoms with Crippen LogP contribution in [0.2, 0.25) is 0 Å². The van der Waals surface area contributed by atoms with Crippen LogP contribution in [0.25, 0.3) is 10.9 Å². The summed E-state index contributed by atoms with van der Waals surface area (Å²) < 4.78 is 12.1. The summed E-state index contributed by atoms with van der Waals surface area (Å²) in [5, 5.41) is 12.5. The molecule has 1 amide bonds. The van der Waals surface area contributed by atoms with Crippen LogP contribution in [0.5, 0.6) is 11.5 Å². The van der Waals surface area contributed by atoms with E-state index in [4.69, 9.17) is 9.47 Å². The molecule has 35 heavy (non-hydrogen) atoms. The molecule has 0 fully saturated rings. The number of ether oxygens (including phenoxy) is 2. The van der Waals surface area contributed by atoms with E-state index in [0.717, 1.165) is 31.5 Å². The van der Waals surface area contributed by atoms with Crippen molar-refractivity contribution in [3.63, 3.8) is 0 Å². The van der Waals surface area contributed by atoms with Crippen molar-refractivity contribution in [2.45, 2.75) is 15.8 Å². The Morgan fingerprint density at radius 1 is 0.857 bits per heavy atom. The van der Waals surface area contributed by atoms with Crippen LogP contribution in [0.3, 0.4) is 0 Å². The molecule has 0 unspecified atom stereocenters. The van der Waals surface area contributed by atoms with E-state index in [0.29, 0.717) is 17.5 Å². The standard InChI is InChI=1S/C26H20N4O3S2/c31-24(17-33-20-12-10-19(11-13-20)32-16-18-6-2-1-3-7-18)28-25-29-30-26(35-25)34-23-14-15-27-22-9-5-4-8-21(22)23/h1-15H,16-17H2,(H,28,29,31). The van der Waals surface area contributed by atoms with Crippen molar-refractivity contribution in [1.82, 2.24) is 15.2 Å². The molecular formula is C26H20N4O3S2. The Labute approximate surface area is 210 Å². The van der Waals surface area contributed by atoms with Crippen LogP contribution in [0, 0.1) is 0 Å². The molecule has 0 atom stereocenters. The number of fused-ring (bicyclic) bond motifs is 1. The highest BCUT2D eigenvalue weighted by molar-refractivity contribution is 8.01. The fourth-order valence-electron chi connectivity index (χ4n) is 3.23. The number of aromatic nitrogens is 3. The molecule has 0 spiro atoms. The smallest absolute Gasteiger partial charge is 0.264 e. The summed E-state index contributed by atoms with van der Waals surface area (Å²) in [6.45, 7) is 0.351. The zero-order valence-electron chi connectivity index (χ0n) is 18.5. The Bertz CT molecular complexity index is 1420. The zero-order chi connectivity index (χ0) is 23.9. The Morgan fingerprint density at radius 3 is 2.43 bits per heavy atom. The van der Waals surface area contributed by atoms with Crippen molar-refractivity contribution in [2.75, 3.05) is 11.9 Å². The topological polar surface area (TPSA) is 86.2 Å². The number of hydrogen-bond acceptors (Lipinski definition) is 8. The van der Waals surface area contributed by atoms with E-state index in [1.165, 1.54) is 23.1 Å². The van der Waals surface area contributed by atoms with Gasteiger partial charge in [-0.2, -0.15) is 0 Å². The SMILES string of the molecule is O=C(COc1ccc(OCc2ccccc2)cc1)Nc1nnc(Sc2ccnc3ccccc23)s1. The van der Waals surface area contributed by atoms with Gasteiger partial charge in [0.1, 0.15) is 18.1 Å². The van der Waals surface area contributed by atoms with Gasteiger partial charge in [0.2, 0.25) is 5.13 Å². The average Bonchev–Trinajstić information content (AvgIpc) is 3.34. The van der Waals surface area contributed by atoms with E-state index in [1.54, 1.807) is 18.3 Å². The molecule has 0 aliphatic carbocycles. The van der Waals surface area contributed by atoms with Crippen molar-refractivity contribution in [2.24, 2.45) is 0 Å². The number of hydrogen-bond donors (Lipinski definition) is 1. The Morgan fingerprint density at radius 2 is 1.60 bits per heavy atom. The second-order valence-corrected chi connectivity index (χ2v) is 9.65. The number of nitrogens with one attached hydrogen (secondary N) is 1. The molecule has 1 N–H and O–H groups in total. The molecule has 0 saturated carbocycles. The first-order valence-corrected chi connectivity index (χ1v) is 12.4. The monoisotopic (exact) mass is 500 g/mol. The van der Waals surface area contributed by atoms with Gasteiger partial charge in [0, 0.05) is 16.5 Å². The van der Waals surface area contributed by atoms with E-state index in [9.17, 15) is 4.79 Å². The first-order chi connectivity index (χ1) is 17.2. The Hall–Kier alpha value is -3.95. The molecule has 0 radical (unpaired) electrons. The van der Waals surface area contributed by atoms with Gasteiger partial charge < -0.3 is 9.47 Å². The Kier molecular flexibility index (Phi) is 7.16. The minimum absolute atomic E-state index is 0.138.